The second-order valence-electron chi connectivity index (χ2n) is 5.68. The van der Waals surface area contributed by atoms with Gasteiger partial charge in [-0.25, -0.2) is 5.01 Å². The maximum absolute atomic E-state index is 12.0. The van der Waals surface area contributed by atoms with Crippen LogP contribution in [0.15, 0.2) is 53.6 Å². The number of nitro groups is 1. The third-order valence-electron chi connectivity index (χ3n) is 4.12. The van der Waals surface area contributed by atoms with E-state index in [0.29, 0.717) is 23.4 Å². The Kier molecular flexibility index (Phi) is 4.47. The lowest BCUT2D eigenvalue weighted by atomic mass is 9.97. The Bertz CT molecular complexity index is 863. The Labute approximate surface area is 144 Å². The fourth-order valence-corrected chi connectivity index (χ4v) is 2.95. The number of hydrazone groups is 1. The number of para-hydroxylation sites is 1. The molecule has 0 N–H and O–H groups in total. The van der Waals surface area contributed by atoms with Crippen molar-refractivity contribution in [3.05, 3.63) is 69.8 Å². The van der Waals surface area contributed by atoms with Crippen molar-refractivity contribution in [2.45, 2.75) is 19.4 Å². The van der Waals surface area contributed by atoms with Gasteiger partial charge in [-0.3, -0.25) is 14.9 Å². The van der Waals surface area contributed by atoms with E-state index in [9.17, 15) is 14.9 Å². The van der Waals surface area contributed by atoms with E-state index in [2.05, 4.69) is 5.10 Å². The van der Waals surface area contributed by atoms with Crippen LogP contribution in [0.4, 0.5) is 5.69 Å². The molecule has 1 heterocycles. The average molecular weight is 339 g/mol. The second-order valence-corrected chi connectivity index (χ2v) is 5.68. The first-order valence-electron chi connectivity index (χ1n) is 7.76. The zero-order valence-corrected chi connectivity index (χ0v) is 13.9. The van der Waals surface area contributed by atoms with E-state index in [-0.39, 0.29) is 17.6 Å². The normalized spacial score (nSPS) is 16.5. The monoisotopic (exact) mass is 339 g/mol. The SMILES string of the molecule is COc1ccccc1C1=NN(C(C)=O)[C@H](c2cccc([N+](=O)[O-])c2)C1. The highest BCUT2D eigenvalue weighted by molar-refractivity contribution is 6.05. The minimum absolute atomic E-state index is 0.00764. The van der Waals surface area contributed by atoms with Gasteiger partial charge in [-0.15, -0.1) is 0 Å². The molecular weight excluding hydrogens is 322 g/mol. The summed E-state index contributed by atoms with van der Waals surface area (Å²) < 4.78 is 5.37. The van der Waals surface area contributed by atoms with Crippen LogP contribution in [0.5, 0.6) is 5.75 Å². The number of carbonyl (C=O) groups is 1. The third-order valence-corrected chi connectivity index (χ3v) is 4.12. The summed E-state index contributed by atoms with van der Waals surface area (Å²) in [7, 11) is 1.58. The molecule has 0 fully saturated rings. The van der Waals surface area contributed by atoms with E-state index in [0.717, 1.165) is 5.56 Å². The van der Waals surface area contributed by atoms with Crippen LogP contribution >= 0.6 is 0 Å². The number of amides is 1. The van der Waals surface area contributed by atoms with Gasteiger partial charge in [-0.2, -0.15) is 5.10 Å². The van der Waals surface area contributed by atoms with Crippen LogP contribution in [0.25, 0.3) is 0 Å². The van der Waals surface area contributed by atoms with Gasteiger partial charge in [0, 0.05) is 31.0 Å². The molecule has 1 aliphatic heterocycles. The summed E-state index contributed by atoms with van der Waals surface area (Å²) in [6, 6.07) is 13.4. The van der Waals surface area contributed by atoms with Crippen molar-refractivity contribution in [2.75, 3.05) is 7.11 Å². The molecule has 0 saturated carbocycles. The molecule has 0 saturated heterocycles. The Balaban J connectivity index is 1.99. The molecule has 128 valence electrons. The quantitative estimate of drug-likeness (QED) is 0.632. The molecule has 2 aromatic carbocycles. The van der Waals surface area contributed by atoms with Crippen LogP contribution in [0, 0.1) is 10.1 Å². The number of carbonyl (C=O) groups excluding carboxylic acids is 1. The standard InChI is InChI=1S/C18H17N3O4/c1-12(22)20-17(13-6-5-7-14(10-13)21(23)24)11-16(19-20)15-8-3-4-9-18(15)25-2/h3-10,17H,11H2,1-2H3/t17-/m0/s1. The summed E-state index contributed by atoms with van der Waals surface area (Å²) in [5.41, 5.74) is 2.19. The molecule has 1 amide bonds. The minimum atomic E-state index is -0.446. The molecule has 7 nitrogen and oxygen atoms in total. The molecule has 0 aromatic heterocycles. The Morgan fingerprint density at radius 3 is 2.72 bits per heavy atom. The lowest BCUT2D eigenvalue weighted by molar-refractivity contribution is -0.384. The molecule has 1 aliphatic rings. The molecule has 2 aromatic rings. The molecule has 0 radical (unpaired) electrons. The maximum atomic E-state index is 12.0. The number of nitro benzene ring substituents is 1. The van der Waals surface area contributed by atoms with E-state index in [1.54, 1.807) is 19.2 Å². The first-order chi connectivity index (χ1) is 12.0. The zero-order valence-electron chi connectivity index (χ0n) is 13.9. The van der Waals surface area contributed by atoms with Crippen molar-refractivity contribution in [1.29, 1.82) is 0 Å². The summed E-state index contributed by atoms with van der Waals surface area (Å²) in [4.78, 5) is 22.6. The van der Waals surface area contributed by atoms with Crippen molar-refractivity contribution < 1.29 is 14.5 Å². The third kappa shape index (κ3) is 3.21. The van der Waals surface area contributed by atoms with Crippen LogP contribution in [-0.4, -0.2) is 28.7 Å². The van der Waals surface area contributed by atoms with Gasteiger partial charge in [-0.1, -0.05) is 24.3 Å². The molecule has 0 unspecified atom stereocenters. The number of methoxy groups -OCH3 is 1. The molecule has 0 spiro atoms. The highest BCUT2D eigenvalue weighted by Gasteiger charge is 2.33. The van der Waals surface area contributed by atoms with Crippen LogP contribution in [0.1, 0.15) is 30.5 Å². The Morgan fingerprint density at radius 2 is 2.04 bits per heavy atom. The number of nitrogens with zero attached hydrogens (tertiary/aromatic N) is 3. The molecular formula is C18H17N3O4. The fourth-order valence-electron chi connectivity index (χ4n) is 2.95. The number of rotatable bonds is 4. The van der Waals surface area contributed by atoms with Crippen molar-refractivity contribution in [2.24, 2.45) is 5.10 Å². The Morgan fingerprint density at radius 1 is 1.28 bits per heavy atom. The zero-order chi connectivity index (χ0) is 18.0. The van der Waals surface area contributed by atoms with Crippen molar-refractivity contribution in [1.82, 2.24) is 5.01 Å². The highest BCUT2D eigenvalue weighted by Crippen LogP contribution is 2.35. The summed E-state index contributed by atoms with van der Waals surface area (Å²) in [5.74, 6) is 0.450. The van der Waals surface area contributed by atoms with Crippen LogP contribution in [0.2, 0.25) is 0 Å². The number of hydrogen-bond acceptors (Lipinski definition) is 5. The second kappa shape index (κ2) is 6.72. The summed E-state index contributed by atoms with van der Waals surface area (Å²) in [5, 5.41) is 16.9. The smallest absolute Gasteiger partial charge is 0.269 e. The van der Waals surface area contributed by atoms with Gasteiger partial charge in [-0.05, 0) is 17.7 Å². The van der Waals surface area contributed by atoms with Gasteiger partial charge in [0.25, 0.3) is 5.69 Å². The van der Waals surface area contributed by atoms with Gasteiger partial charge in [0.1, 0.15) is 5.75 Å². The van der Waals surface area contributed by atoms with E-state index in [1.165, 1.54) is 24.1 Å². The van der Waals surface area contributed by atoms with Gasteiger partial charge < -0.3 is 4.74 Å². The molecule has 25 heavy (non-hydrogen) atoms. The van der Waals surface area contributed by atoms with Crippen LogP contribution < -0.4 is 4.74 Å². The summed E-state index contributed by atoms with van der Waals surface area (Å²) >= 11 is 0. The first kappa shape index (κ1) is 16.6. The number of benzene rings is 2. The Hall–Kier alpha value is -3.22. The first-order valence-corrected chi connectivity index (χ1v) is 7.76. The number of ether oxygens (including phenoxy) is 1. The van der Waals surface area contributed by atoms with E-state index in [4.69, 9.17) is 4.74 Å². The summed E-state index contributed by atoms with van der Waals surface area (Å²) in [6.45, 7) is 1.43. The molecule has 1 atom stereocenters. The molecule has 0 bridgehead atoms. The predicted octanol–water partition coefficient (Wildman–Crippen LogP) is 3.30. The topological polar surface area (TPSA) is 85.0 Å². The van der Waals surface area contributed by atoms with Gasteiger partial charge in [0.15, 0.2) is 0 Å². The lowest BCUT2D eigenvalue weighted by Crippen LogP contribution is -2.24. The van der Waals surface area contributed by atoms with Crippen molar-refractivity contribution >= 4 is 17.3 Å². The minimum Gasteiger partial charge on any atom is -0.496 e. The molecule has 0 aliphatic carbocycles. The van der Waals surface area contributed by atoms with E-state index >= 15 is 0 Å². The number of hydrogen-bond donors (Lipinski definition) is 0. The maximum Gasteiger partial charge on any atom is 0.269 e. The van der Waals surface area contributed by atoms with Crippen molar-refractivity contribution in [3.8, 4) is 5.75 Å². The highest BCUT2D eigenvalue weighted by atomic mass is 16.6. The molecule has 3 rings (SSSR count). The van der Waals surface area contributed by atoms with Gasteiger partial charge >= 0.3 is 0 Å². The average Bonchev–Trinajstić information content (AvgIpc) is 3.07. The lowest BCUT2D eigenvalue weighted by Gasteiger charge is -2.20. The largest absolute Gasteiger partial charge is 0.496 e. The van der Waals surface area contributed by atoms with E-state index < -0.39 is 4.92 Å². The van der Waals surface area contributed by atoms with Gasteiger partial charge in [0.05, 0.1) is 23.8 Å². The summed E-state index contributed by atoms with van der Waals surface area (Å²) in [6.07, 6.45) is 0.459. The van der Waals surface area contributed by atoms with Gasteiger partial charge in [0.2, 0.25) is 5.91 Å². The van der Waals surface area contributed by atoms with Crippen LogP contribution in [-0.2, 0) is 4.79 Å². The fraction of sp³-hybridized carbons (Fsp3) is 0.222. The van der Waals surface area contributed by atoms with Crippen molar-refractivity contribution in [3.63, 3.8) is 0 Å². The van der Waals surface area contributed by atoms with Crippen LogP contribution in [0.3, 0.4) is 0 Å². The van der Waals surface area contributed by atoms with E-state index in [1.807, 2.05) is 24.3 Å². The molecule has 7 heteroatoms. The number of non-ortho nitro benzene ring substituents is 1. The predicted molar refractivity (Wildman–Crippen MR) is 92.5 cm³/mol.